The lowest BCUT2D eigenvalue weighted by atomic mass is 10.3. The Hall–Kier alpha value is -1.77. The molecule has 2 aromatic carbocycles. The van der Waals surface area contributed by atoms with Crippen molar-refractivity contribution >= 4 is 54.8 Å². The zero-order chi connectivity index (χ0) is 18.6. The van der Waals surface area contributed by atoms with Gasteiger partial charge in [-0.05, 0) is 52.3 Å². The molecule has 25 heavy (non-hydrogen) atoms. The quantitative estimate of drug-likeness (QED) is 0.735. The van der Waals surface area contributed by atoms with Crippen LogP contribution in [0.15, 0.2) is 46.9 Å². The second-order valence-corrected chi connectivity index (χ2v) is 8.50. The van der Waals surface area contributed by atoms with Gasteiger partial charge in [0.25, 0.3) is 5.91 Å². The lowest BCUT2D eigenvalue weighted by molar-refractivity contribution is -0.118. The fourth-order valence-electron chi connectivity index (χ4n) is 1.90. The molecule has 0 saturated heterocycles. The lowest BCUT2D eigenvalue weighted by Gasteiger charge is -2.17. The Labute approximate surface area is 159 Å². The van der Waals surface area contributed by atoms with Crippen LogP contribution in [0.4, 0.5) is 11.4 Å². The van der Waals surface area contributed by atoms with Crippen LogP contribution in [0, 0.1) is 0 Å². The molecular formula is C16H16BrClN2O4S. The predicted molar refractivity (Wildman–Crippen MR) is 103 cm³/mol. The van der Waals surface area contributed by atoms with Crippen molar-refractivity contribution < 1.29 is 17.9 Å². The van der Waals surface area contributed by atoms with Crippen molar-refractivity contribution in [3.05, 3.63) is 52.0 Å². The SMILES string of the molecule is CN(c1cccc(NC(=O)COc2ccc(Cl)cc2Br)c1)S(C)(=O)=O. The van der Waals surface area contributed by atoms with Crippen molar-refractivity contribution in [2.45, 2.75) is 0 Å². The number of hydrogen-bond donors (Lipinski definition) is 1. The Morgan fingerprint density at radius 2 is 2.00 bits per heavy atom. The number of halogens is 2. The number of ether oxygens (including phenoxy) is 1. The summed E-state index contributed by atoms with van der Waals surface area (Å²) >= 11 is 9.15. The molecule has 0 saturated carbocycles. The summed E-state index contributed by atoms with van der Waals surface area (Å²) in [6.45, 7) is -0.202. The third-order valence-corrected chi connectivity index (χ3v) is 5.30. The molecule has 0 heterocycles. The highest BCUT2D eigenvalue weighted by atomic mass is 79.9. The number of nitrogens with zero attached hydrogens (tertiary/aromatic N) is 1. The molecule has 0 aliphatic rings. The Kier molecular flexibility index (Phi) is 6.31. The van der Waals surface area contributed by atoms with Crippen molar-refractivity contribution in [1.29, 1.82) is 0 Å². The van der Waals surface area contributed by atoms with E-state index < -0.39 is 10.0 Å². The van der Waals surface area contributed by atoms with Crippen LogP contribution in [0.25, 0.3) is 0 Å². The van der Waals surface area contributed by atoms with Crippen LogP contribution in [-0.2, 0) is 14.8 Å². The second kappa shape index (κ2) is 8.07. The average molecular weight is 448 g/mol. The maximum atomic E-state index is 12.0. The zero-order valence-corrected chi connectivity index (χ0v) is 16.7. The van der Waals surface area contributed by atoms with E-state index >= 15 is 0 Å². The summed E-state index contributed by atoms with van der Waals surface area (Å²) in [4.78, 5) is 12.0. The van der Waals surface area contributed by atoms with Gasteiger partial charge >= 0.3 is 0 Å². The minimum atomic E-state index is -3.38. The third-order valence-electron chi connectivity index (χ3n) is 3.24. The number of carbonyl (C=O) groups excluding carboxylic acids is 1. The molecule has 9 heteroatoms. The highest BCUT2D eigenvalue weighted by molar-refractivity contribution is 9.10. The molecule has 0 atom stereocenters. The Balaban J connectivity index is 2.01. The number of sulfonamides is 1. The minimum absolute atomic E-state index is 0.202. The van der Waals surface area contributed by atoms with Gasteiger partial charge in [0.05, 0.1) is 16.4 Å². The van der Waals surface area contributed by atoms with E-state index in [-0.39, 0.29) is 12.5 Å². The molecule has 2 aromatic rings. The zero-order valence-electron chi connectivity index (χ0n) is 13.5. The molecular weight excluding hydrogens is 432 g/mol. The first-order chi connectivity index (χ1) is 11.7. The highest BCUT2D eigenvalue weighted by Crippen LogP contribution is 2.28. The van der Waals surface area contributed by atoms with Crippen LogP contribution in [0.3, 0.4) is 0 Å². The Morgan fingerprint density at radius 1 is 1.28 bits per heavy atom. The number of anilines is 2. The smallest absolute Gasteiger partial charge is 0.262 e. The van der Waals surface area contributed by atoms with Gasteiger partial charge in [0, 0.05) is 17.8 Å². The maximum Gasteiger partial charge on any atom is 0.262 e. The number of amides is 1. The fraction of sp³-hybridized carbons (Fsp3) is 0.188. The topological polar surface area (TPSA) is 75.7 Å². The largest absolute Gasteiger partial charge is 0.483 e. The van der Waals surface area contributed by atoms with Gasteiger partial charge in [-0.3, -0.25) is 9.10 Å². The van der Waals surface area contributed by atoms with E-state index in [1.165, 1.54) is 7.05 Å². The molecule has 1 N–H and O–H groups in total. The standard InChI is InChI=1S/C16H16BrClN2O4S/c1-20(25(2,22)23)13-5-3-4-12(9-13)19-16(21)10-24-15-7-6-11(18)8-14(15)17/h3-9H,10H2,1-2H3,(H,19,21). The second-order valence-electron chi connectivity index (χ2n) is 5.19. The number of benzene rings is 2. The number of nitrogens with one attached hydrogen (secondary N) is 1. The van der Waals surface area contributed by atoms with Gasteiger partial charge in [-0.1, -0.05) is 17.7 Å². The fourth-order valence-corrected chi connectivity index (χ4v) is 3.20. The van der Waals surface area contributed by atoms with Crippen LogP contribution < -0.4 is 14.4 Å². The van der Waals surface area contributed by atoms with E-state index in [4.69, 9.17) is 16.3 Å². The molecule has 0 aromatic heterocycles. The molecule has 134 valence electrons. The first-order valence-corrected chi connectivity index (χ1v) is 10.1. The van der Waals surface area contributed by atoms with Crippen LogP contribution in [0.2, 0.25) is 5.02 Å². The summed E-state index contributed by atoms with van der Waals surface area (Å²) in [5, 5.41) is 3.21. The van der Waals surface area contributed by atoms with Crippen molar-refractivity contribution in [2.75, 3.05) is 29.5 Å². The van der Waals surface area contributed by atoms with Gasteiger partial charge in [0.2, 0.25) is 10.0 Å². The summed E-state index contributed by atoms with van der Waals surface area (Å²) in [6, 6.07) is 11.5. The molecule has 0 aliphatic carbocycles. The van der Waals surface area contributed by atoms with Gasteiger partial charge in [0.15, 0.2) is 6.61 Å². The highest BCUT2D eigenvalue weighted by Gasteiger charge is 2.13. The molecule has 0 bridgehead atoms. The summed E-state index contributed by atoms with van der Waals surface area (Å²) < 4.78 is 30.4. The van der Waals surface area contributed by atoms with Gasteiger partial charge < -0.3 is 10.1 Å². The lowest BCUT2D eigenvalue weighted by Crippen LogP contribution is -2.25. The first-order valence-electron chi connectivity index (χ1n) is 7.08. The van der Waals surface area contributed by atoms with Crippen LogP contribution in [0.1, 0.15) is 0 Å². The van der Waals surface area contributed by atoms with Gasteiger partial charge in [0.1, 0.15) is 5.75 Å². The Morgan fingerprint density at radius 3 is 2.64 bits per heavy atom. The normalized spacial score (nSPS) is 11.0. The summed E-state index contributed by atoms with van der Waals surface area (Å²) in [5.74, 6) is 0.117. The van der Waals surface area contributed by atoms with E-state index in [9.17, 15) is 13.2 Å². The number of rotatable bonds is 6. The van der Waals surface area contributed by atoms with Gasteiger partial charge in [-0.25, -0.2) is 8.42 Å². The average Bonchev–Trinajstić information content (AvgIpc) is 2.52. The molecule has 6 nitrogen and oxygen atoms in total. The number of hydrogen-bond acceptors (Lipinski definition) is 4. The van der Waals surface area contributed by atoms with Gasteiger partial charge in [-0.2, -0.15) is 0 Å². The van der Waals surface area contributed by atoms with Crippen molar-refractivity contribution in [3.8, 4) is 5.75 Å². The summed E-state index contributed by atoms with van der Waals surface area (Å²) in [7, 11) is -1.93. The van der Waals surface area contributed by atoms with Crippen molar-refractivity contribution in [3.63, 3.8) is 0 Å². The third kappa shape index (κ3) is 5.62. The minimum Gasteiger partial charge on any atom is -0.483 e. The predicted octanol–water partition coefficient (Wildman–Crippen LogP) is 3.52. The Bertz CT molecular complexity index is 889. The van der Waals surface area contributed by atoms with E-state index in [1.807, 2.05) is 0 Å². The van der Waals surface area contributed by atoms with Crippen LogP contribution >= 0.6 is 27.5 Å². The maximum absolute atomic E-state index is 12.0. The van der Waals surface area contributed by atoms with Gasteiger partial charge in [-0.15, -0.1) is 0 Å². The van der Waals surface area contributed by atoms with Crippen molar-refractivity contribution in [1.82, 2.24) is 0 Å². The molecule has 0 fully saturated rings. The van der Waals surface area contributed by atoms with E-state index in [0.29, 0.717) is 26.6 Å². The molecule has 0 spiro atoms. The molecule has 0 radical (unpaired) electrons. The van der Waals surface area contributed by atoms with Crippen LogP contribution in [-0.4, -0.2) is 34.2 Å². The van der Waals surface area contributed by atoms with Crippen LogP contribution in [0.5, 0.6) is 5.75 Å². The first kappa shape index (κ1) is 19.6. The molecule has 1 amide bonds. The van der Waals surface area contributed by atoms with Crippen molar-refractivity contribution in [2.24, 2.45) is 0 Å². The number of carbonyl (C=O) groups is 1. The molecule has 2 rings (SSSR count). The van der Waals surface area contributed by atoms with E-state index in [0.717, 1.165) is 10.6 Å². The molecule has 0 aliphatic heterocycles. The van der Waals surface area contributed by atoms with E-state index in [2.05, 4.69) is 21.2 Å². The monoisotopic (exact) mass is 446 g/mol. The molecule has 0 unspecified atom stereocenters. The summed E-state index contributed by atoms with van der Waals surface area (Å²) in [6.07, 6.45) is 1.11. The summed E-state index contributed by atoms with van der Waals surface area (Å²) in [5.41, 5.74) is 0.915. The van der Waals surface area contributed by atoms with E-state index in [1.54, 1.807) is 42.5 Å².